The lowest BCUT2D eigenvalue weighted by molar-refractivity contribution is 0.441. The summed E-state index contributed by atoms with van der Waals surface area (Å²) >= 11 is 0. The molecule has 3 aromatic rings. The minimum Gasteiger partial charge on any atom is -0.459 e. The van der Waals surface area contributed by atoms with Gasteiger partial charge in [0.05, 0.1) is 12.4 Å². The van der Waals surface area contributed by atoms with Crippen molar-refractivity contribution in [3.05, 3.63) is 54.8 Å². The summed E-state index contributed by atoms with van der Waals surface area (Å²) in [6.45, 7) is 3.91. The number of para-hydroxylation sites is 1. The summed E-state index contributed by atoms with van der Waals surface area (Å²) in [6.07, 6.45) is 5.59. The molecule has 0 aliphatic heterocycles. The summed E-state index contributed by atoms with van der Waals surface area (Å²) in [6, 6.07) is 10.4. The second-order valence-electron chi connectivity index (χ2n) is 4.66. The molecule has 0 fully saturated rings. The molecule has 1 aromatic carbocycles. The lowest BCUT2D eigenvalue weighted by Gasteiger charge is -2.11. The molecule has 4 heteroatoms. The Bertz CT molecular complexity index is 609. The standard InChI is InChI=1S/C15H17N3O/c1-12(17-7-9-18-8-6-16-11-18)15-10-13-4-2-3-5-14(13)19-15/h2-6,8,10-12,17H,7,9H2,1H3. The van der Waals surface area contributed by atoms with Crippen molar-refractivity contribution in [3.63, 3.8) is 0 Å². The first kappa shape index (κ1) is 12.0. The number of hydrogen-bond acceptors (Lipinski definition) is 3. The van der Waals surface area contributed by atoms with E-state index >= 15 is 0 Å². The highest BCUT2D eigenvalue weighted by molar-refractivity contribution is 5.77. The van der Waals surface area contributed by atoms with Gasteiger partial charge in [0.2, 0.25) is 0 Å². The highest BCUT2D eigenvalue weighted by Gasteiger charge is 2.10. The smallest absolute Gasteiger partial charge is 0.134 e. The minimum absolute atomic E-state index is 0.205. The number of fused-ring (bicyclic) bond motifs is 1. The average Bonchev–Trinajstić information content (AvgIpc) is 3.07. The third kappa shape index (κ3) is 2.69. The number of furan rings is 1. The fourth-order valence-electron chi connectivity index (χ4n) is 2.15. The molecule has 1 unspecified atom stereocenters. The van der Waals surface area contributed by atoms with Crippen molar-refractivity contribution in [2.24, 2.45) is 0 Å². The van der Waals surface area contributed by atoms with Crippen LogP contribution in [0.2, 0.25) is 0 Å². The molecule has 0 radical (unpaired) electrons. The number of aromatic nitrogens is 2. The summed E-state index contributed by atoms with van der Waals surface area (Å²) in [5.74, 6) is 0.979. The zero-order chi connectivity index (χ0) is 13.1. The lowest BCUT2D eigenvalue weighted by Crippen LogP contribution is -2.22. The Kier molecular flexibility index (Phi) is 3.33. The molecule has 1 atom stereocenters. The van der Waals surface area contributed by atoms with E-state index in [0.717, 1.165) is 29.8 Å². The molecule has 0 spiro atoms. The van der Waals surface area contributed by atoms with Gasteiger partial charge in [-0.2, -0.15) is 0 Å². The van der Waals surface area contributed by atoms with E-state index in [9.17, 15) is 0 Å². The van der Waals surface area contributed by atoms with Gasteiger partial charge in [-0.3, -0.25) is 0 Å². The van der Waals surface area contributed by atoms with Crippen LogP contribution in [0.3, 0.4) is 0 Å². The molecule has 0 aliphatic carbocycles. The van der Waals surface area contributed by atoms with Gasteiger partial charge in [-0.15, -0.1) is 0 Å². The summed E-state index contributed by atoms with van der Waals surface area (Å²) in [5, 5.41) is 4.61. The predicted octanol–water partition coefficient (Wildman–Crippen LogP) is 2.98. The number of rotatable bonds is 5. The monoisotopic (exact) mass is 255 g/mol. The van der Waals surface area contributed by atoms with Crippen LogP contribution in [0.5, 0.6) is 0 Å². The van der Waals surface area contributed by atoms with Crippen molar-refractivity contribution in [2.75, 3.05) is 6.54 Å². The third-order valence-corrected chi connectivity index (χ3v) is 3.25. The van der Waals surface area contributed by atoms with E-state index in [0.29, 0.717) is 0 Å². The van der Waals surface area contributed by atoms with Gasteiger partial charge >= 0.3 is 0 Å². The summed E-state index contributed by atoms with van der Waals surface area (Å²) in [5.41, 5.74) is 0.945. The molecule has 4 nitrogen and oxygen atoms in total. The highest BCUT2D eigenvalue weighted by atomic mass is 16.3. The Morgan fingerprint density at radius 1 is 1.37 bits per heavy atom. The molecule has 2 heterocycles. The number of nitrogens with zero attached hydrogens (tertiary/aromatic N) is 2. The molecule has 98 valence electrons. The van der Waals surface area contributed by atoms with Crippen LogP contribution in [-0.4, -0.2) is 16.1 Å². The maximum absolute atomic E-state index is 5.84. The molecular formula is C15H17N3O. The molecule has 3 rings (SSSR count). The van der Waals surface area contributed by atoms with E-state index in [-0.39, 0.29) is 6.04 Å². The topological polar surface area (TPSA) is 43.0 Å². The van der Waals surface area contributed by atoms with E-state index in [1.807, 2.05) is 30.7 Å². The number of imidazole rings is 1. The molecule has 1 N–H and O–H groups in total. The highest BCUT2D eigenvalue weighted by Crippen LogP contribution is 2.23. The van der Waals surface area contributed by atoms with Crippen LogP contribution >= 0.6 is 0 Å². The summed E-state index contributed by atoms with van der Waals surface area (Å²) in [4.78, 5) is 4.02. The van der Waals surface area contributed by atoms with Crippen molar-refractivity contribution in [1.29, 1.82) is 0 Å². The Balaban J connectivity index is 1.61. The van der Waals surface area contributed by atoms with Gasteiger partial charge in [-0.1, -0.05) is 18.2 Å². The Labute approximate surface area is 112 Å². The maximum Gasteiger partial charge on any atom is 0.134 e. The molecule has 0 bridgehead atoms. The van der Waals surface area contributed by atoms with E-state index in [1.165, 1.54) is 0 Å². The number of nitrogens with one attached hydrogen (secondary N) is 1. The maximum atomic E-state index is 5.84. The molecule has 0 saturated carbocycles. The second-order valence-corrected chi connectivity index (χ2v) is 4.66. The molecular weight excluding hydrogens is 238 g/mol. The molecule has 0 amide bonds. The first-order chi connectivity index (χ1) is 9.33. The van der Waals surface area contributed by atoms with E-state index in [4.69, 9.17) is 4.42 Å². The number of benzene rings is 1. The summed E-state index contributed by atoms with van der Waals surface area (Å²) in [7, 11) is 0. The molecule has 19 heavy (non-hydrogen) atoms. The Morgan fingerprint density at radius 2 is 2.26 bits per heavy atom. The minimum atomic E-state index is 0.205. The van der Waals surface area contributed by atoms with Gasteiger partial charge in [0.1, 0.15) is 11.3 Å². The van der Waals surface area contributed by atoms with Crippen LogP contribution in [0.15, 0.2) is 53.5 Å². The third-order valence-electron chi connectivity index (χ3n) is 3.25. The Morgan fingerprint density at radius 3 is 3.05 bits per heavy atom. The van der Waals surface area contributed by atoms with Crippen LogP contribution in [0.4, 0.5) is 0 Å². The fraction of sp³-hybridized carbons (Fsp3) is 0.267. The van der Waals surface area contributed by atoms with Crippen molar-refractivity contribution >= 4 is 11.0 Å². The van der Waals surface area contributed by atoms with Crippen LogP contribution in [0, 0.1) is 0 Å². The normalized spacial score (nSPS) is 12.9. The molecule has 2 aromatic heterocycles. The van der Waals surface area contributed by atoms with Gasteiger partial charge in [-0.05, 0) is 19.1 Å². The average molecular weight is 255 g/mol. The van der Waals surface area contributed by atoms with Crippen molar-refractivity contribution in [2.45, 2.75) is 19.5 Å². The zero-order valence-electron chi connectivity index (χ0n) is 10.9. The van der Waals surface area contributed by atoms with Crippen LogP contribution in [0.1, 0.15) is 18.7 Å². The van der Waals surface area contributed by atoms with E-state index in [1.54, 1.807) is 6.20 Å². The number of hydrogen-bond donors (Lipinski definition) is 1. The Hall–Kier alpha value is -2.07. The quantitative estimate of drug-likeness (QED) is 0.762. The molecule has 0 saturated heterocycles. The lowest BCUT2D eigenvalue weighted by atomic mass is 10.2. The van der Waals surface area contributed by atoms with Crippen LogP contribution in [-0.2, 0) is 6.54 Å². The van der Waals surface area contributed by atoms with E-state index in [2.05, 4.69) is 33.9 Å². The van der Waals surface area contributed by atoms with Crippen molar-refractivity contribution < 1.29 is 4.42 Å². The van der Waals surface area contributed by atoms with Gasteiger partial charge in [0.25, 0.3) is 0 Å². The first-order valence-electron chi connectivity index (χ1n) is 6.50. The summed E-state index contributed by atoms with van der Waals surface area (Å²) < 4.78 is 7.89. The van der Waals surface area contributed by atoms with Gasteiger partial charge < -0.3 is 14.3 Å². The van der Waals surface area contributed by atoms with Crippen LogP contribution < -0.4 is 5.32 Å². The van der Waals surface area contributed by atoms with E-state index < -0.39 is 0 Å². The SMILES string of the molecule is CC(NCCn1ccnc1)c1cc2ccccc2o1. The van der Waals surface area contributed by atoms with Crippen molar-refractivity contribution in [1.82, 2.24) is 14.9 Å². The first-order valence-corrected chi connectivity index (χ1v) is 6.50. The van der Waals surface area contributed by atoms with Gasteiger partial charge in [-0.25, -0.2) is 4.98 Å². The largest absolute Gasteiger partial charge is 0.459 e. The van der Waals surface area contributed by atoms with Gasteiger partial charge in [0, 0.05) is 30.9 Å². The fourth-order valence-corrected chi connectivity index (χ4v) is 2.15. The molecule has 0 aliphatic rings. The predicted molar refractivity (Wildman–Crippen MR) is 74.9 cm³/mol. The second kappa shape index (κ2) is 5.28. The van der Waals surface area contributed by atoms with Gasteiger partial charge in [0.15, 0.2) is 0 Å². The zero-order valence-corrected chi connectivity index (χ0v) is 10.9. The van der Waals surface area contributed by atoms with Crippen LogP contribution in [0.25, 0.3) is 11.0 Å². The van der Waals surface area contributed by atoms with Crippen molar-refractivity contribution in [3.8, 4) is 0 Å².